The van der Waals surface area contributed by atoms with Gasteiger partial charge in [-0.05, 0) is 63.0 Å². The highest BCUT2D eigenvalue weighted by Crippen LogP contribution is 2.32. The van der Waals surface area contributed by atoms with Crippen molar-refractivity contribution < 1.29 is 14.1 Å². The number of ether oxygens (including phenoxy) is 1. The molecule has 1 amide bonds. The number of hydrogen-bond donors (Lipinski definition) is 1. The standard InChI is InChI=1S/C19H23N3O3S/c1-12-18(13-7-9-22(12)10-8-13)20-19(23)14-3-5-15(6-4-14)26-16-11-17(24-2)25-21-16/h3-6,11-13,18H,7-10H2,1-2H3,(H,20,23)/t12?,18-/m0/s1. The molecule has 1 unspecified atom stereocenters. The fraction of sp³-hybridized carbons (Fsp3) is 0.474. The summed E-state index contributed by atoms with van der Waals surface area (Å²) in [6, 6.07) is 9.99. The zero-order valence-electron chi connectivity index (χ0n) is 15.0. The number of methoxy groups -OCH3 is 1. The summed E-state index contributed by atoms with van der Waals surface area (Å²) in [6.07, 6.45) is 2.37. The fourth-order valence-corrected chi connectivity index (χ4v) is 4.71. The van der Waals surface area contributed by atoms with Crippen molar-refractivity contribution >= 4 is 17.7 Å². The molecule has 2 bridgehead atoms. The van der Waals surface area contributed by atoms with Crippen molar-refractivity contribution in [1.82, 2.24) is 15.4 Å². The lowest BCUT2D eigenvalue weighted by atomic mass is 9.79. The maximum Gasteiger partial charge on any atom is 0.312 e. The first kappa shape index (κ1) is 17.4. The Kier molecular flexibility index (Phi) is 4.91. The Bertz CT molecular complexity index is 767. The first-order valence-corrected chi connectivity index (χ1v) is 9.79. The van der Waals surface area contributed by atoms with Crippen LogP contribution in [0.2, 0.25) is 0 Å². The summed E-state index contributed by atoms with van der Waals surface area (Å²) in [4.78, 5) is 16.1. The molecule has 0 aliphatic carbocycles. The van der Waals surface area contributed by atoms with Crippen LogP contribution in [0.5, 0.6) is 5.95 Å². The molecule has 138 valence electrons. The molecule has 6 nitrogen and oxygen atoms in total. The van der Waals surface area contributed by atoms with Crippen molar-refractivity contribution in [3.8, 4) is 5.95 Å². The summed E-state index contributed by atoms with van der Waals surface area (Å²) < 4.78 is 9.99. The Morgan fingerprint density at radius 2 is 2.04 bits per heavy atom. The largest absolute Gasteiger partial charge is 0.467 e. The molecule has 7 heteroatoms. The highest BCUT2D eigenvalue weighted by Gasteiger charge is 2.40. The quantitative estimate of drug-likeness (QED) is 0.869. The molecule has 0 radical (unpaired) electrons. The van der Waals surface area contributed by atoms with E-state index in [1.54, 1.807) is 13.2 Å². The third kappa shape index (κ3) is 3.46. The van der Waals surface area contributed by atoms with Crippen LogP contribution in [0.15, 0.2) is 44.8 Å². The van der Waals surface area contributed by atoms with Gasteiger partial charge in [-0.2, -0.15) is 0 Å². The van der Waals surface area contributed by atoms with Gasteiger partial charge in [0.15, 0.2) is 0 Å². The van der Waals surface area contributed by atoms with Crippen LogP contribution in [0, 0.1) is 5.92 Å². The molecular formula is C19H23N3O3S. The average Bonchev–Trinajstić information content (AvgIpc) is 3.13. The van der Waals surface area contributed by atoms with Crippen molar-refractivity contribution in [2.75, 3.05) is 20.2 Å². The zero-order valence-corrected chi connectivity index (χ0v) is 15.8. The number of aromatic nitrogens is 1. The van der Waals surface area contributed by atoms with E-state index in [0.29, 0.717) is 23.5 Å². The maximum absolute atomic E-state index is 12.7. The van der Waals surface area contributed by atoms with E-state index in [4.69, 9.17) is 9.26 Å². The number of nitrogens with one attached hydrogen (secondary N) is 1. The van der Waals surface area contributed by atoms with Crippen molar-refractivity contribution in [2.45, 2.75) is 41.8 Å². The summed E-state index contributed by atoms with van der Waals surface area (Å²) in [5, 5.41) is 7.91. The van der Waals surface area contributed by atoms with Gasteiger partial charge in [0.2, 0.25) is 0 Å². The van der Waals surface area contributed by atoms with Gasteiger partial charge in [-0.25, -0.2) is 0 Å². The summed E-state index contributed by atoms with van der Waals surface area (Å²) in [7, 11) is 1.54. The number of hydrogen-bond acceptors (Lipinski definition) is 6. The number of benzene rings is 1. The Hall–Kier alpha value is -1.99. The SMILES string of the molecule is COc1cc(Sc2ccc(C(=O)N[C@@H]3C4CCN(CC4)C3C)cc2)no1. The van der Waals surface area contributed by atoms with Crippen LogP contribution >= 0.6 is 11.8 Å². The molecule has 2 aromatic rings. The highest BCUT2D eigenvalue weighted by atomic mass is 32.2. The van der Waals surface area contributed by atoms with Crippen LogP contribution in [0.3, 0.4) is 0 Å². The molecule has 1 aromatic carbocycles. The van der Waals surface area contributed by atoms with Crippen LogP contribution in [0.25, 0.3) is 0 Å². The van der Waals surface area contributed by atoms with Gasteiger partial charge in [0, 0.05) is 22.5 Å². The molecule has 1 N–H and O–H groups in total. The minimum absolute atomic E-state index is 0.00950. The fourth-order valence-electron chi connectivity index (χ4n) is 3.96. The van der Waals surface area contributed by atoms with E-state index < -0.39 is 0 Å². The lowest BCUT2D eigenvalue weighted by Gasteiger charge is -2.49. The van der Waals surface area contributed by atoms with E-state index in [0.717, 1.165) is 23.0 Å². The predicted octanol–water partition coefficient (Wildman–Crippen LogP) is 3.05. The smallest absolute Gasteiger partial charge is 0.312 e. The molecule has 1 aromatic heterocycles. The van der Waals surface area contributed by atoms with E-state index >= 15 is 0 Å². The van der Waals surface area contributed by atoms with Crippen LogP contribution < -0.4 is 10.1 Å². The number of carbonyl (C=O) groups is 1. The third-order valence-corrected chi connectivity index (χ3v) is 6.39. The number of piperidine rings is 3. The minimum Gasteiger partial charge on any atom is -0.467 e. The Balaban J connectivity index is 1.39. The van der Waals surface area contributed by atoms with Crippen molar-refractivity contribution in [1.29, 1.82) is 0 Å². The normalized spacial score (nSPS) is 27.3. The minimum atomic E-state index is 0.00950. The van der Waals surface area contributed by atoms with Gasteiger partial charge in [-0.1, -0.05) is 16.9 Å². The highest BCUT2D eigenvalue weighted by molar-refractivity contribution is 7.99. The van der Waals surface area contributed by atoms with Crippen LogP contribution in [-0.2, 0) is 0 Å². The van der Waals surface area contributed by atoms with Crippen LogP contribution in [-0.4, -0.2) is 48.2 Å². The van der Waals surface area contributed by atoms with Gasteiger partial charge in [-0.3, -0.25) is 9.69 Å². The number of nitrogens with zero attached hydrogens (tertiary/aromatic N) is 2. The molecule has 5 rings (SSSR count). The number of carbonyl (C=O) groups excluding carboxylic acids is 1. The Labute approximate surface area is 157 Å². The van der Waals surface area contributed by atoms with Gasteiger partial charge in [0.05, 0.1) is 13.2 Å². The summed E-state index contributed by atoms with van der Waals surface area (Å²) in [6.45, 7) is 4.55. The molecule has 4 heterocycles. The van der Waals surface area contributed by atoms with E-state index in [1.165, 1.54) is 24.6 Å². The molecule has 0 saturated carbocycles. The lowest BCUT2D eigenvalue weighted by molar-refractivity contribution is 0.0217. The van der Waals surface area contributed by atoms with Crippen LogP contribution in [0.1, 0.15) is 30.1 Å². The molecule has 3 fully saturated rings. The number of rotatable bonds is 5. The summed E-state index contributed by atoms with van der Waals surface area (Å²) in [5.41, 5.74) is 0.690. The monoisotopic (exact) mass is 373 g/mol. The number of fused-ring (bicyclic) bond motifs is 3. The predicted molar refractivity (Wildman–Crippen MR) is 98.6 cm³/mol. The first-order valence-electron chi connectivity index (χ1n) is 8.97. The maximum atomic E-state index is 12.7. The molecule has 3 aliphatic rings. The van der Waals surface area contributed by atoms with Gasteiger partial charge in [0.25, 0.3) is 5.91 Å². The van der Waals surface area contributed by atoms with Crippen molar-refractivity contribution in [3.63, 3.8) is 0 Å². The van der Waals surface area contributed by atoms with Gasteiger partial charge in [-0.15, -0.1) is 0 Å². The van der Waals surface area contributed by atoms with E-state index in [-0.39, 0.29) is 11.9 Å². The summed E-state index contributed by atoms with van der Waals surface area (Å²) >= 11 is 1.47. The second kappa shape index (κ2) is 7.32. The number of amides is 1. The lowest BCUT2D eigenvalue weighted by Crippen LogP contribution is -2.62. The second-order valence-corrected chi connectivity index (χ2v) is 8.02. The van der Waals surface area contributed by atoms with Gasteiger partial charge < -0.3 is 14.6 Å². The molecule has 26 heavy (non-hydrogen) atoms. The summed E-state index contributed by atoms with van der Waals surface area (Å²) in [5.74, 6) is 1.00. The topological polar surface area (TPSA) is 67.6 Å². The third-order valence-electron chi connectivity index (χ3n) is 5.48. The van der Waals surface area contributed by atoms with Gasteiger partial charge in [0.1, 0.15) is 5.03 Å². The van der Waals surface area contributed by atoms with Crippen LogP contribution in [0.4, 0.5) is 0 Å². The molecule has 0 spiro atoms. The van der Waals surface area contributed by atoms with Crippen molar-refractivity contribution in [2.24, 2.45) is 5.92 Å². The zero-order chi connectivity index (χ0) is 18.1. The van der Waals surface area contributed by atoms with E-state index in [9.17, 15) is 4.79 Å². The van der Waals surface area contributed by atoms with E-state index in [1.807, 2.05) is 24.3 Å². The molecule has 3 aliphatic heterocycles. The molecule has 2 atom stereocenters. The van der Waals surface area contributed by atoms with E-state index in [2.05, 4.69) is 22.3 Å². The first-order chi connectivity index (χ1) is 12.6. The molecule has 3 saturated heterocycles. The van der Waals surface area contributed by atoms with Crippen molar-refractivity contribution in [3.05, 3.63) is 35.9 Å². The Morgan fingerprint density at radius 3 is 2.65 bits per heavy atom. The molecular weight excluding hydrogens is 350 g/mol. The Morgan fingerprint density at radius 1 is 1.31 bits per heavy atom. The van der Waals surface area contributed by atoms with Gasteiger partial charge >= 0.3 is 5.95 Å². The average molecular weight is 373 g/mol. The second-order valence-electron chi connectivity index (χ2n) is 6.93.